The molecule has 3 nitrogen and oxygen atoms in total. The third kappa shape index (κ3) is 4.34. The molecular formula is C17H26N2O. The van der Waals surface area contributed by atoms with E-state index < -0.39 is 6.04 Å². The number of benzene rings is 1. The standard InChI is InChI=1S/C17H26N2O/c1-13(15-9-5-6-10-15)19-17(20)16(18)12-11-14-7-3-2-4-8-14/h2-4,7-8,13,15-16H,5-6,9-12,18H2,1H3,(H,19,20)/t13-,16-/m0/s1. The molecule has 1 aromatic carbocycles. The summed E-state index contributed by atoms with van der Waals surface area (Å²) in [5, 5.41) is 3.09. The highest BCUT2D eigenvalue weighted by Crippen LogP contribution is 2.27. The molecule has 0 heterocycles. The molecule has 1 fully saturated rings. The van der Waals surface area contributed by atoms with Gasteiger partial charge in [-0.1, -0.05) is 43.2 Å². The van der Waals surface area contributed by atoms with Crippen LogP contribution in [0.2, 0.25) is 0 Å². The highest BCUT2D eigenvalue weighted by molar-refractivity contribution is 5.81. The Morgan fingerprint density at radius 2 is 1.95 bits per heavy atom. The summed E-state index contributed by atoms with van der Waals surface area (Å²) in [6, 6.07) is 10.0. The Morgan fingerprint density at radius 3 is 2.60 bits per heavy atom. The summed E-state index contributed by atoms with van der Waals surface area (Å²) in [7, 11) is 0. The van der Waals surface area contributed by atoms with Gasteiger partial charge in [-0.25, -0.2) is 0 Å². The van der Waals surface area contributed by atoms with Crippen LogP contribution in [-0.2, 0) is 11.2 Å². The number of hydrogen-bond acceptors (Lipinski definition) is 2. The van der Waals surface area contributed by atoms with E-state index >= 15 is 0 Å². The van der Waals surface area contributed by atoms with Gasteiger partial charge >= 0.3 is 0 Å². The first-order chi connectivity index (χ1) is 9.66. The second-order valence-electron chi connectivity index (χ2n) is 5.97. The molecule has 0 spiro atoms. The van der Waals surface area contributed by atoms with Crippen molar-refractivity contribution in [3.05, 3.63) is 35.9 Å². The van der Waals surface area contributed by atoms with Crippen molar-refractivity contribution in [2.75, 3.05) is 0 Å². The molecule has 1 saturated carbocycles. The van der Waals surface area contributed by atoms with Crippen LogP contribution in [0.3, 0.4) is 0 Å². The van der Waals surface area contributed by atoms with Crippen molar-refractivity contribution in [1.82, 2.24) is 5.32 Å². The number of hydrogen-bond donors (Lipinski definition) is 2. The average molecular weight is 274 g/mol. The SMILES string of the molecule is C[C@H](NC(=O)[C@@H](N)CCc1ccccc1)C1CCCC1. The van der Waals surface area contributed by atoms with E-state index in [1.807, 2.05) is 18.2 Å². The quantitative estimate of drug-likeness (QED) is 0.838. The van der Waals surface area contributed by atoms with E-state index in [-0.39, 0.29) is 11.9 Å². The second kappa shape index (κ2) is 7.44. The lowest BCUT2D eigenvalue weighted by Crippen LogP contribution is -2.46. The number of rotatable bonds is 6. The van der Waals surface area contributed by atoms with Crippen LogP contribution in [0.25, 0.3) is 0 Å². The fourth-order valence-electron chi connectivity index (χ4n) is 3.00. The highest BCUT2D eigenvalue weighted by Gasteiger charge is 2.24. The van der Waals surface area contributed by atoms with E-state index in [1.54, 1.807) is 0 Å². The summed E-state index contributed by atoms with van der Waals surface area (Å²) in [4.78, 5) is 12.1. The van der Waals surface area contributed by atoms with Gasteiger partial charge in [0, 0.05) is 6.04 Å². The molecule has 3 N–H and O–H groups in total. The minimum absolute atomic E-state index is 0.000307. The lowest BCUT2D eigenvalue weighted by molar-refractivity contribution is -0.123. The van der Waals surface area contributed by atoms with Gasteiger partial charge in [-0.2, -0.15) is 0 Å². The molecule has 0 aliphatic heterocycles. The fraction of sp³-hybridized carbons (Fsp3) is 0.588. The predicted molar refractivity (Wildman–Crippen MR) is 82.3 cm³/mol. The van der Waals surface area contributed by atoms with E-state index in [2.05, 4.69) is 24.4 Å². The molecule has 110 valence electrons. The molecule has 1 aromatic rings. The van der Waals surface area contributed by atoms with Gasteiger partial charge in [0.1, 0.15) is 0 Å². The first-order valence-electron chi connectivity index (χ1n) is 7.76. The van der Waals surface area contributed by atoms with Gasteiger partial charge in [0.25, 0.3) is 0 Å². The molecule has 0 radical (unpaired) electrons. The molecule has 0 unspecified atom stereocenters. The molecule has 3 heteroatoms. The first kappa shape index (κ1) is 15.0. The third-order valence-corrected chi connectivity index (χ3v) is 4.40. The van der Waals surface area contributed by atoms with Crippen LogP contribution in [0, 0.1) is 5.92 Å². The van der Waals surface area contributed by atoms with Crippen molar-refractivity contribution in [3.8, 4) is 0 Å². The maximum absolute atomic E-state index is 12.1. The number of nitrogens with two attached hydrogens (primary N) is 1. The Hall–Kier alpha value is -1.35. The third-order valence-electron chi connectivity index (χ3n) is 4.40. The molecule has 0 aromatic heterocycles. The minimum atomic E-state index is -0.404. The lowest BCUT2D eigenvalue weighted by Gasteiger charge is -2.22. The highest BCUT2D eigenvalue weighted by atomic mass is 16.2. The van der Waals surface area contributed by atoms with Gasteiger partial charge in [0.05, 0.1) is 6.04 Å². The van der Waals surface area contributed by atoms with Crippen LogP contribution >= 0.6 is 0 Å². The summed E-state index contributed by atoms with van der Waals surface area (Å²) < 4.78 is 0. The largest absolute Gasteiger partial charge is 0.352 e. The van der Waals surface area contributed by atoms with Crippen molar-refractivity contribution in [1.29, 1.82) is 0 Å². The minimum Gasteiger partial charge on any atom is -0.352 e. The zero-order chi connectivity index (χ0) is 14.4. The van der Waals surface area contributed by atoms with Crippen LogP contribution in [-0.4, -0.2) is 18.0 Å². The number of carbonyl (C=O) groups is 1. The molecule has 1 amide bonds. The zero-order valence-electron chi connectivity index (χ0n) is 12.3. The van der Waals surface area contributed by atoms with Crippen molar-refractivity contribution in [2.24, 2.45) is 11.7 Å². The number of nitrogens with one attached hydrogen (secondary N) is 1. The van der Waals surface area contributed by atoms with E-state index in [1.165, 1.54) is 31.2 Å². The Labute approximate surface area is 121 Å². The van der Waals surface area contributed by atoms with Crippen LogP contribution in [0.5, 0.6) is 0 Å². The van der Waals surface area contributed by atoms with Crippen molar-refractivity contribution < 1.29 is 4.79 Å². The maximum atomic E-state index is 12.1. The summed E-state index contributed by atoms with van der Waals surface area (Å²) in [6.45, 7) is 2.11. The average Bonchev–Trinajstić information content (AvgIpc) is 3.00. The van der Waals surface area contributed by atoms with Crippen LogP contribution in [0.15, 0.2) is 30.3 Å². The van der Waals surface area contributed by atoms with E-state index in [0.717, 1.165) is 6.42 Å². The summed E-state index contributed by atoms with van der Waals surface area (Å²) >= 11 is 0. The molecule has 0 saturated heterocycles. The molecule has 1 aliphatic rings. The summed E-state index contributed by atoms with van der Waals surface area (Å²) in [5.74, 6) is 0.639. The van der Waals surface area contributed by atoms with Crippen LogP contribution < -0.4 is 11.1 Å². The van der Waals surface area contributed by atoms with Crippen LogP contribution in [0.1, 0.15) is 44.6 Å². The van der Waals surface area contributed by atoms with E-state index in [9.17, 15) is 4.79 Å². The second-order valence-corrected chi connectivity index (χ2v) is 5.97. The summed E-state index contributed by atoms with van der Waals surface area (Å²) in [6.07, 6.45) is 6.62. The zero-order valence-corrected chi connectivity index (χ0v) is 12.3. The molecular weight excluding hydrogens is 248 g/mol. The Morgan fingerprint density at radius 1 is 1.30 bits per heavy atom. The smallest absolute Gasteiger partial charge is 0.237 e. The maximum Gasteiger partial charge on any atom is 0.237 e. The molecule has 1 aliphatic carbocycles. The topological polar surface area (TPSA) is 55.1 Å². The van der Waals surface area contributed by atoms with Crippen molar-refractivity contribution in [3.63, 3.8) is 0 Å². The number of amides is 1. The predicted octanol–water partition coefficient (Wildman–Crippen LogP) is 2.64. The molecule has 2 atom stereocenters. The van der Waals surface area contributed by atoms with Gasteiger partial charge in [0.2, 0.25) is 5.91 Å². The van der Waals surface area contributed by atoms with E-state index in [4.69, 9.17) is 5.73 Å². The Balaban J connectivity index is 1.74. The van der Waals surface area contributed by atoms with Gasteiger partial charge in [-0.3, -0.25) is 4.79 Å². The van der Waals surface area contributed by atoms with Crippen molar-refractivity contribution >= 4 is 5.91 Å². The molecule has 2 rings (SSSR count). The first-order valence-corrected chi connectivity index (χ1v) is 7.76. The van der Waals surface area contributed by atoms with Gasteiger partial charge in [-0.05, 0) is 44.1 Å². The number of aryl methyl sites for hydroxylation is 1. The Bertz CT molecular complexity index is 412. The lowest BCUT2D eigenvalue weighted by atomic mass is 9.99. The molecule has 20 heavy (non-hydrogen) atoms. The summed E-state index contributed by atoms with van der Waals surface area (Å²) in [5.41, 5.74) is 7.24. The van der Waals surface area contributed by atoms with E-state index in [0.29, 0.717) is 12.3 Å². The molecule has 0 bridgehead atoms. The normalized spacial score (nSPS) is 18.7. The monoisotopic (exact) mass is 274 g/mol. The van der Waals surface area contributed by atoms with Gasteiger partial charge < -0.3 is 11.1 Å². The number of carbonyl (C=O) groups excluding carboxylic acids is 1. The van der Waals surface area contributed by atoms with Crippen LogP contribution in [0.4, 0.5) is 0 Å². The van der Waals surface area contributed by atoms with Crippen molar-refractivity contribution in [2.45, 2.75) is 57.5 Å². The van der Waals surface area contributed by atoms with Gasteiger partial charge in [-0.15, -0.1) is 0 Å². The van der Waals surface area contributed by atoms with Gasteiger partial charge in [0.15, 0.2) is 0 Å². The fourth-order valence-corrected chi connectivity index (χ4v) is 3.00. The Kier molecular flexibility index (Phi) is 5.60.